The highest BCUT2D eigenvalue weighted by Gasteiger charge is 2.10. The largest absolute Gasteiger partial charge is 0.492 e. The number of ether oxygens (including phenoxy) is 2. The Bertz CT molecular complexity index is 798. The summed E-state index contributed by atoms with van der Waals surface area (Å²) in [5, 5.41) is 7.75. The number of nitrogens with zero attached hydrogens (tertiary/aromatic N) is 3. The van der Waals surface area contributed by atoms with Crippen LogP contribution in [0.15, 0.2) is 29.3 Å². The fraction of sp³-hybridized carbons (Fsp3) is 0.545. The molecule has 0 atom stereocenters. The van der Waals surface area contributed by atoms with E-state index in [9.17, 15) is 0 Å². The molecule has 1 fully saturated rings. The zero-order valence-corrected chi connectivity index (χ0v) is 19.1. The van der Waals surface area contributed by atoms with Gasteiger partial charge >= 0.3 is 0 Å². The fourth-order valence-corrected chi connectivity index (χ4v) is 4.01. The Kier molecular flexibility index (Phi) is 8.92. The van der Waals surface area contributed by atoms with Crippen molar-refractivity contribution in [2.45, 2.75) is 33.9 Å². The number of aryl methyl sites for hydroxylation is 2. The van der Waals surface area contributed by atoms with Crippen molar-refractivity contribution in [3.05, 3.63) is 45.4 Å². The van der Waals surface area contributed by atoms with Crippen LogP contribution in [-0.2, 0) is 17.8 Å². The molecule has 1 saturated heterocycles. The third-order valence-corrected chi connectivity index (χ3v) is 6.00. The highest BCUT2D eigenvalue weighted by Crippen LogP contribution is 2.16. The lowest BCUT2D eigenvalue weighted by Crippen LogP contribution is -2.38. The van der Waals surface area contributed by atoms with E-state index in [-0.39, 0.29) is 0 Å². The van der Waals surface area contributed by atoms with E-state index in [2.05, 4.69) is 46.5 Å². The Morgan fingerprint density at radius 2 is 2.10 bits per heavy atom. The molecule has 8 heteroatoms. The molecule has 2 N–H and O–H groups in total. The van der Waals surface area contributed by atoms with Gasteiger partial charge in [-0.3, -0.25) is 4.90 Å². The molecule has 0 saturated carbocycles. The number of guanidine groups is 1. The molecule has 164 valence electrons. The fourth-order valence-electron chi connectivity index (χ4n) is 3.14. The van der Waals surface area contributed by atoms with Crippen LogP contribution in [0.25, 0.3) is 0 Å². The first kappa shape index (κ1) is 22.5. The first-order valence-electron chi connectivity index (χ1n) is 10.6. The Morgan fingerprint density at radius 3 is 2.83 bits per heavy atom. The zero-order valence-electron chi connectivity index (χ0n) is 18.2. The van der Waals surface area contributed by atoms with Gasteiger partial charge in [0.15, 0.2) is 5.96 Å². The molecular weight excluding hydrogens is 398 g/mol. The minimum atomic E-state index is 0.589. The second-order valence-electron chi connectivity index (χ2n) is 7.25. The van der Waals surface area contributed by atoms with Gasteiger partial charge in [-0.05, 0) is 38.5 Å². The van der Waals surface area contributed by atoms with Crippen LogP contribution < -0.4 is 15.4 Å². The molecule has 2 aromatic rings. The molecule has 2 heterocycles. The maximum absolute atomic E-state index is 5.95. The van der Waals surface area contributed by atoms with E-state index in [4.69, 9.17) is 14.5 Å². The van der Waals surface area contributed by atoms with Crippen molar-refractivity contribution in [3.63, 3.8) is 0 Å². The number of morpholine rings is 1. The molecule has 1 aromatic heterocycles. The topological polar surface area (TPSA) is 71.0 Å². The number of hydrogen-bond acceptors (Lipinski definition) is 6. The number of aliphatic imine (C=N–C) groups is 1. The second-order valence-corrected chi connectivity index (χ2v) is 8.54. The molecule has 30 heavy (non-hydrogen) atoms. The van der Waals surface area contributed by atoms with Crippen LogP contribution in [0.5, 0.6) is 5.75 Å². The summed E-state index contributed by atoms with van der Waals surface area (Å²) in [6.45, 7) is 13.5. The van der Waals surface area contributed by atoms with Crippen molar-refractivity contribution in [3.8, 4) is 5.75 Å². The van der Waals surface area contributed by atoms with Crippen molar-refractivity contribution < 1.29 is 9.47 Å². The Labute approximate surface area is 183 Å². The monoisotopic (exact) mass is 431 g/mol. The van der Waals surface area contributed by atoms with Gasteiger partial charge in [0, 0.05) is 31.1 Å². The van der Waals surface area contributed by atoms with E-state index in [0.717, 1.165) is 67.4 Å². The van der Waals surface area contributed by atoms with Crippen LogP contribution in [0.1, 0.15) is 28.1 Å². The smallest absolute Gasteiger partial charge is 0.191 e. The highest BCUT2D eigenvalue weighted by atomic mass is 32.1. The number of aromatic nitrogens is 1. The molecule has 0 radical (unpaired) electrons. The lowest BCUT2D eigenvalue weighted by atomic mass is 10.2. The second kappa shape index (κ2) is 11.9. The number of nitrogens with one attached hydrogen (secondary N) is 2. The van der Waals surface area contributed by atoms with Crippen LogP contribution >= 0.6 is 11.3 Å². The van der Waals surface area contributed by atoms with Crippen LogP contribution in [0.4, 0.5) is 0 Å². The lowest BCUT2D eigenvalue weighted by Gasteiger charge is -2.26. The summed E-state index contributed by atoms with van der Waals surface area (Å²) in [7, 11) is 0. The van der Waals surface area contributed by atoms with Crippen LogP contribution in [-0.4, -0.2) is 61.8 Å². The minimum Gasteiger partial charge on any atom is -0.492 e. The average molecular weight is 432 g/mol. The number of benzene rings is 1. The van der Waals surface area contributed by atoms with Crippen molar-refractivity contribution >= 4 is 17.3 Å². The van der Waals surface area contributed by atoms with E-state index in [1.165, 1.54) is 4.88 Å². The molecule has 0 amide bonds. The molecule has 0 bridgehead atoms. The number of rotatable bonds is 9. The van der Waals surface area contributed by atoms with Gasteiger partial charge in [-0.25, -0.2) is 9.98 Å². The van der Waals surface area contributed by atoms with Crippen LogP contribution in [0.3, 0.4) is 0 Å². The third-order valence-electron chi connectivity index (χ3n) is 4.92. The molecule has 1 aliphatic rings. The number of hydrogen-bond donors (Lipinski definition) is 2. The van der Waals surface area contributed by atoms with Gasteiger partial charge in [-0.1, -0.05) is 12.1 Å². The predicted molar refractivity (Wildman–Crippen MR) is 122 cm³/mol. The summed E-state index contributed by atoms with van der Waals surface area (Å²) in [4.78, 5) is 12.9. The summed E-state index contributed by atoms with van der Waals surface area (Å²) in [6.07, 6.45) is 0. The van der Waals surface area contributed by atoms with Crippen molar-refractivity contribution in [1.82, 2.24) is 20.5 Å². The molecule has 1 aliphatic heterocycles. The number of thiazole rings is 1. The van der Waals surface area contributed by atoms with Crippen molar-refractivity contribution in [2.24, 2.45) is 4.99 Å². The van der Waals surface area contributed by atoms with Gasteiger partial charge in [0.2, 0.25) is 0 Å². The van der Waals surface area contributed by atoms with Gasteiger partial charge in [-0.2, -0.15) is 0 Å². The standard InChI is InChI=1S/C22H33N5O2S/c1-4-23-22(25-16-21-26-17(2)18(3)30-21)24-15-19-6-5-7-20(14-19)29-13-10-27-8-11-28-12-9-27/h5-7,14H,4,8-13,15-16H2,1-3H3,(H2,23,24,25). The molecule has 3 rings (SSSR count). The minimum absolute atomic E-state index is 0.589. The first-order chi connectivity index (χ1) is 14.6. The summed E-state index contributed by atoms with van der Waals surface area (Å²) in [6, 6.07) is 8.18. The molecule has 1 aromatic carbocycles. The quantitative estimate of drug-likeness (QED) is 0.470. The summed E-state index contributed by atoms with van der Waals surface area (Å²) >= 11 is 1.73. The molecule has 0 aliphatic carbocycles. The van der Waals surface area contributed by atoms with Crippen LogP contribution in [0, 0.1) is 13.8 Å². The Balaban J connectivity index is 1.49. The SMILES string of the molecule is CCNC(=NCc1cccc(OCCN2CCOCC2)c1)NCc1nc(C)c(C)s1. The molecule has 0 unspecified atom stereocenters. The lowest BCUT2D eigenvalue weighted by molar-refractivity contribution is 0.0322. The van der Waals surface area contributed by atoms with E-state index in [0.29, 0.717) is 19.7 Å². The maximum atomic E-state index is 5.95. The predicted octanol–water partition coefficient (Wildman–Crippen LogP) is 2.73. The first-order valence-corrected chi connectivity index (χ1v) is 11.4. The Hall–Kier alpha value is -2.16. The van der Waals surface area contributed by atoms with Gasteiger partial charge < -0.3 is 20.1 Å². The van der Waals surface area contributed by atoms with E-state index in [1.54, 1.807) is 11.3 Å². The van der Waals surface area contributed by atoms with E-state index >= 15 is 0 Å². The van der Waals surface area contributed by atoms with E-state index < -0.39 is 0 Å². The van der Waals surface area contributed by atoms with Gasteiger partial charge in [-0.15, -0.1) is 11.3 Å². The van der Waals surface area contributed by atoms with Crippen LogP contribution in [0.2, 0.25) is 0 Å². The Morgan fingerprint density at radius 1 is 1.27 bits per heavy atom. The molecular formula is C22H33N5O2S. The molecule has 0 spiro atoms. The summed E-state index contributed by atoms with van der Waals surface area (Å²) in [5.41, 5.74) is 2.22. The van der Waals surface area contributed by atoms with Gasteiger partial charge in [0.25, 0.3) is 0 Å². The summed E-state index contributed by atoms with van der Waals surface area (Å²) in [5.74, 6) is 1.68. The zero-order chi connectivity index (χ0) is 21.2. The van der Waals surface area contributed by atoms with Crippen molar-refractivity contribution in [1.29, 1.82) is 0 Å². The maximum Gasteiger partial charge on any atom is 0.191 e. The normalized spacial score (nSPS) is 15.2. The molecule has 7 nitrogen and oxygen atoms in total. The summed E-state index contributed by atoms with van der Waals surface area (Å²) < 4.78 is 11.3. The van der Waals surface area contributed by atoms with Gasteiger partial charge in [0.1, 0.15) is 17.4 Å². The van der Waals surface area contributed by atoms with E-state index in [1.807, 2.05) is 19.1 Å². The van der Waals surface area contributed by atoms with Gasteiger partial charge in [0.05, 0.1) is 32.0 Å². The average Bonchev–Trinajstić information content (AvgIpc) is 3.08. The highest BCUT2D eigenvalue weighted by molar-refractivity contribution is 7.11. The third kappa shape index (κ3) is 7.27. The van der Waals surface area contributed by atoms with Crippen molar-refractivity contribution in [2.75, 3.05) is 46.0 Å².